The van der Waals surface area contributed by atoms with Crippen molar-refractivity contribution in [3.8, 4) is 0 Å². The molecule has 1 heterocycles. The van der Waals surface area contributed by atoms with Crippen LogP contribution in [0.25, 0.3) is 11.0 Å². The number of rotatable bonds is 5. The number of amides is 1. The summed E-state index contributed by atoms with van der Waals surface area (Å²) in [5, 5.41) is 2.98. The van der Waals surface area contributed by atoms with Crippen LogP contribution in [-0.4, -0.2) is 22.0 Å². The predicted molar refractivity (Wildman–Crippen MR) is 96.9 cm³/mol. The van der Waals surface area contributed by atoms with E-state index in [0.29, 0.717) is 6.54 Å². The molecule has 0 radical (unpaired) electrons. The fraction of sp³-hybridized carbons (Fsp3) is 0.300. The molecule has 1 N–H and O–H groups in total. The maximum absolute atomic E-state index is 13.5. The molecule has 130 valence electrons. The lowest BCUT2D eigenvalue weighted by atomic mass is 9.84. The molecule has 0 unspecified atom stereocenters. The summed E-state index contributed by atoms with van der Waals surface area (Å²) in [4.78, 5) is 16.9. The van der Waals surface area contributed by atoms with Crippen LogP contribution in [0.3, 0.4) is 0 Å². The van der Waals surface area contributed by atoms with Crippen molar-refractivity contribution in [2.45, 2.75) is 32.2 Å². The first-order valence-corrected chi connectivity index (χ1v) is 8.34. The first-order chi connectivity index (χ1) is 11.9. The maximum atomic E-state index is 13.5. The average molecular weight is 339 g/mol. The van der Waals surface area contributed by atoms with Crippen molar-refractivity contribution >= 4 is 16.9 Å². The number of aromatic nitrogens is 2. The highest BCUT2D eigenvalue weighted by atomic mass is 19.1. The highest BCUT2D eigenvalue weighted by Gasteiger charge is 2.24. The SMILES string of the molecule is C[C@@H](C(=O)NCC(C)(C)c1cccc(F)c1)n1cnc2ccccc21. The first-order valence-electron chi connectivity index (χ1n) is 8.34. The van der Waals surface area contributed by atoms with E-state index in [0.717, 1.165) is 16.6 Å². The molecule has 0 aliphatic heterocycles. The van der Waals surface area contributed by atoms with Crippen LogP contribution in [0.15, 0.2) is 54.9 Å². The molecule has 0 saturated heterocycles. The fourth-order valence-electron chi connectivity index (χ4n) is 2.88. The molecule has 0 aliphatic rings. The number of nitrogens with zero attached hydrogens (tertiary/aromatic N) is 2. The van der Waals surface area contributed by atoms with Gasteiger partial charge in [-0.05, 0) is 36.8 Å². The zero-order valence-corrected chi connectivity index (χ0v) is 14.7. The molecular formula is C20H22FN3O. The highest BCUT2D eigenvalue weighted by molar-refractivity contribution is 5.83. The lowest BCUT2D eigenvalue weighted by molar-refractivity contribution is -0.124. The van der Waals surface area contributed by atoms with E-state index in [1.807, 2.05) is 55.7 Å². The third kappa shape index (κ3) is 3.55. The largest absolute Gasteiger partial charge is 0.353 e. The van der Waals surface area contributed by atoms with Gasteiger partial charge in [0.15, 0.2) is 0 Å². The van der Waals surface area contributed by atoms with Crippen LogP contribution in [0.5, 0.6) is 0 Å². The summed E-state index contributed by atoms with van der Waals surface area (Å²) in [5.41, 5.74) is 2.28. The molecule has 0 spiro atoms. The molecule has 25 heavy (non-hydrogen) atoms. The molecule has 0 saturated carbocycles. The number of imidazole rings is 1. The summed E-state index contributed by atoms with van der Waals surface area (Å²) in [6.45, 7) is 6.24. The average Bonchev–Trinajstić information content (AvgIpc) is 3.03. The zero-order valence-electron chi connectivity index (χ0n) is 14.7. The molecule has 0 bridgehead atoms. The second kappa shape index (κ2) is 6.67. The minimum Gasteiger partial charge on any atom is -0.353 e. The van der Waals surface area contributed by atoms with E-state index in [4.69, 9.17) is 0 Å². The van der Waals surface area contributed by atoms with Gasteiger partial charge in [-0.1, -0.05) is 38.1 Å². The molecule has 3 aromatic rings. The van der Waals surface area contributed by atoms with Crippen molar-refractivity contribution in [3.63, 3.8) is 0 Å². The van der Waals surface area contributed by atoms with Crippen LogP contribution in [0.4, 0.5) is 4.39 Å². The topological polar surface area (TPSA) is 46.9 Å². The van der Waals surface area contributed by atoms with Gasteiger partial charge >= 0.3 is 0 Å². The Bertz CT molecular complexity index is 901. The fourth-order valence-corrected chi connectivity index (χ4v) is 2.88. The van der Waals surface area contributed by atoms with E-state index < -0.39 is 0 Å². The van der Waals surface area contributed by atoms with E-state index in [1.165, 1.54) is 12.1 Å². The number of fused-ring (bicyclic) bond motifs is 1. The van der Waals surface area contributed by atoms with Crippen molar-refractivity contribution in [1.29, 1.82) is 0 Å². The quantitative estimate of drug-likeness (QED) is 0.768. The highest BCUT2D eigenvalue weighted by Crippen LogP contribution is 2.23. The Morgan fingerprint density at radius 1 is 1.24 bits per heavy atom. The molecule has 1 atom stereocenters. The Morgan fingerprint density at radius 3 is 2.76 bits per heavy atom. The number of hydrogen-bond donors (Lipinski definition) is 1. The van der Waals surface area contributed by atoms with E-state index in [2.05, 4.69) is 10.3 Å². The lowest BCUT2D eigenvalue weighted by Gasteiger charge is -2.26. The Morgan fingerprint density at radius 2 is 2.00 bits per heavy atom. The summed E-state index contributed by atoms with van der Waals surface area (Å²) in [7, 11) is 0. The van der Waals surface area contributed by atoms with Gasteiger partial charge in [0.1, 0.15) is 11.9 Å². The van der Waals surface area contributed by atoms with Crippen molar-refractivity contribution in [3.05, 3.63) is 66.2 Å². The normalized spacial score (nSPS) is 13.0. The number of para-hydroxylation sites is 2. The van der Waals surface area contributed by atoms with E-state index >= 15 is 0 Å². The lowest BCUT2D eigenvalue weighted by Crippen LogP contribution is -2.39. The predicted octanol–water partition coefficient (Wildman–Crippen LogP) is 3.83. The smallest absolute Gasteiger partial charge is 0.242 e. The van der Waals surface area contributed by atoms with Crippen LogP contribution in [-0.2, 0) is 10.2 Å². The second-order valence-corrected chi connectivity index (χ2v) is 6.93. The molecule has 1 amide bonds. The van der Waals surface area contributed by atoms with Gasteiger partial charge in [0.25, 0.3) is 0 Å². The number of carbonyl (C=O) groups is 1. The van der Waals surface area contributed by atoms with Crippen molar-refractivity contribution in [1.82, 2.24) is 14.9 Å². The number of nitrogens with one attached hydrogen (secondary N) is 1. The molecule has 5 heteroatoms. The van der Waals surface area contributed by atoms with Crippen LogP contribution >= 0.6 is 0 Å². The van der Waals surface area contributed by atoms with Crippen LogP contribution in [0.1, 0.15) is 32.4 Å². The van der Waals surface area contributed by atoms with Gasteiger partial charge in [-0.25, -0.2) is 9.37 Å². The summed E-state index contributed by atoms with van der Waals surface area (Å²) in [6.07, 6.45) is 1.69. The van der Waals surface area contributed by atoms with Gasteiger partial charge in [0, 0.05) is 12.0 Å². The third-order valence-corrected chi connectivity index (χ3v) is 4.59. The second-order valence-electron chi connectivity index (χ2n) is 6.93. The molecule has 4 nitrogen and oxygen atoms in total. The van der Waals surface area contributed by atoms with Gasteiger partial charge in [0.05, 0.1) is 17.4 Å². The molecular weight excluding hydrogens is 317 g/mol. The standard InChI is InChI=1S/C20H22FN3O/c1-14(24-13-23-17-9-4-5-10-18(17)24)19(25)22-12-20(2,3)15-7-6-8-16(21)11-15/h4-11,13-14H,12H2,1-3H3,(H,22,25)/t14-/m0/s1. The van der Waals surface area contributed by atoms with Crippen molar-refractivity contribution in [2.75, 3.05) is 6.54 Å². The first kappa shape index (κ1) is 17.1. The number of benzene rings is 2. The van der Waals surface area contributed by atoms with E-state index in [-0.39, 0.29) is 23.2 Å². The van der Waals surface area contributed by atoms with Gasteiger partial charge in [-0.3, -0.25) is 4.79 Å². The van der Waals surface area contributed by atoms with Gasteiger partial charge < -0.3 is 9.88 Å². The van der Waals surface area contributed by atoms with Crippen LogP contribution in [0.2, 0.25) is 0 Å². The Balaban J connectivity index is 1.71. The van der Waals surface area contributed by atoms with Gasteiger partial charge in [-0.15, -0.1) is 0 Å². The number of halogens is 1. The molecule has 0 aliphatic carbocycles. The minimum atomic E-state index is -0.379. The van der Waals surface area contributed by atoms with E-state index in [9.17, 15) is 9.18 Å². The van der Waals surface area contributed by atoms with Gasteiger partial charge in [-0.2, -0.15) is 0 Å². The van der Waals surface area contributed by atoms with Crippen molar-refractivity contribution in [2.24, 2.45) is 0 Å². The molecule has 0 fully saturated rings. The maximum Gasteiger partial charge on any atom is 0.242 e. The number of hydrogen-bond acceptors (Lipinski definition) is 2. The van der Waals surface area contributed by atoms with Crippen molar-refractivity contribution < 1.29 is 9.18 Å². The molecule has 1 aromatic heterocycles. The Kier molecular flexibility index (Phi) is 4.57. The monoisotopic (exact) mass is 339 g/mol. The Hall–Kier alpha value is -2.69. The molecule has 2 aromatic carbocycles. The molecule has 3 rings (SSSR count). The Labute approximate surface area is 146 Å². The third-order valence-electron chi connectivity index (χ3n) is 4.59. The summed E-state index contributed by atoms with van der Waals surface area (Å²) < 4.78 is 15.3. The van der Waals surface area contributed by atoms with Gasteiger partial charge in [0.2, 0.25) is 5.91 Å². The van der Waals surface area contributed by atoms with Crippen LogP contribution < -0.4 is 5.32 Å². The zero-order chi connectivity index (χ0) is 18.0. The summed E-state index contributed by atoms with van der Waals surface area (Å²) in [5.74, 6) is -0.359. The summed E-state index contributed by atoms with van der Waals surface area (Å²) >= 11 is 0. The number of carbonyl (C=O) groups excluding carboxylic acids is 1. The van der Waals surface area contributed by atoms with Crippen LogP contribution in [0, 0.1) is 5.82 Å². The summed E-state index contributed by atoms with van der Waals surface area (Å²) in [6, 6.07) is 13.8. The minimum absolute atomic E-state index is 0.0902. The van der Waals surface area contributed by atoms with E-state index in [1.54, 1.807) is 12.4 Å².